The summed E-state index contributed by atoms with van der Waals surface area (Å²) < 4.78 is 38.7. The molecule has 0 aliphatic heterocycles. The number of alkyl halides is 3. The Balaban J connectivity index is 1.74. The third kappa shape index (κ3) is 14.4. The molecular weight excluding hydrogens is 675 g/mol. The molecule has 0 aliphatic rings. The van der Waals surface area contributed by atoms with E-state index in [9.17, 15) is 32.3 Å². The number of hydrogen-bond acceptors (Lipinski definition) is 7. The van der Waals surface area contributed by atoms with Gasteiger partial charge in [-0.15, -0.1) is 0 Å². The largest absolute Gasteiger partial charge is 0.433 e. The van der Waals surface area contributed by atoms with E-state index in [-0.39, 0.29) is 38.1 Å². The van der Waals surface area contributed by atoms with Crippen molar-refractivity contribution in [1.82, 2.24) is 26.3 Å². The van der Waals surface area contributed by atoms with Crippen molar-refractivity contribution in [2.24, 2.45) is 17.4 Å². The number of nitrogens with zero attached hydrogens (tertiary/aromatic N) is 1. The number of rotatable bonds is 20. The summed E-state index contributed by atoms with van der Waals surface area (Å²) in [6.45, 7) is 4.02. The molecule has 0 aliphatic carbocycles. The number of halogens is 3. The highest BCUT2D eigenvalue weighted by Crippen LogP contribution is 2.27. The average molecular weight is 726 g/mol. The van der Waals surface area contributed by atoms with Crippen molar-refractivity contribution in [1.29, 1.82) is 0 Å². The van der Waals surface area contributed by atoms with E-state index in [1.165, 1.54) is 6.07 Å². The Kier molecular flexibility index (Phi) is 16.7. The summed E-state index contributed by atoms with van der Waals surface area (Å²) in [5.74, 6) is -2.28. The lowest BCUT2D eigenvalue weighted by atomic mass is 9.99. The van der Waals surface area contributed by atoms with E-state index >= 15 is 0 Å². The first-order valence-electron chi connectivity index (χ1n) is 17.5. The summed E-state index contributed by atoms with van der Waals surface area (Å²) in [5, 5.41) is 11.0. The molecule has 3 rings (SSSR count). The van der Waals surface area contributed by atoms with Crippen LogP contribution in [-0.2, 0) is 44.7 Å². The van der Waals surface area contributed by atoms with Crippen molar-refractivity contribution in [3.8, 4) is 0 Å². The number of aromatic nitrogens is 1. The molecule has 282 valence electrons. The molecule has 0 bridgehead atoms. The van der Waals surface area contributed by atoms with E-state index in [0.29, 0.717) is 31.4 Å². The van der Waals surface area contributed by atoms with E-state index in [0.717, 1.165) is 23.4 Å². The lowest BCUT2D eigenvalue weighted by molar-refractivity contribution is -0.141. The Hall–Kier alpha value is -4.82. The first-order chi connectivity index (χ1) is 24.8. The van der Waals surface area contributed by atoms with Crippen molar-refractivity contribution >= 4 is 23.6 Å². The fraction of sp³-hybridized carbons (Fsp3) is 0.447. The smallest absolute Gasteiger partial charge is 0.350 e. The van der Waals surface area contributed by atoms with Gasteiger partial charge in [0.25, 0.3) is 0 Å². The zero-order valence-electron chi connectivity index (χ0n) is 29.6. The molecular formula is C38H50F3N7O4. The molecule has 0 saturated carbocycles. The maximum Gasteiger partial charge on any atom is 0.433 e. The summed E-state index contributed by atoms with van der Waals surface area (Å²) in [5.41, 5.74) is 13.0. The van der Waals surface area contributed by atoms with Crippen LogP contribution in [0.2, 0.25) is 0 Å². The summed E-state index contributed by atoms with van der Waals surface area (Å²) >= 11 is 0. The summed E-state index contributed by atoms with van der Waals surface area (Å²) in [6.07, 6.45) is -1.04. The Bertz CT molecular complexity index is 1560. The maximum atomic E-state index is 13.8. The normalized spacial score (nSPS) is 13.8. The highest BCUT2D eigenvalue weighted by atomic mass is 19.4. The van der Waals surface area contributed by atoms with Crippen molar-refractivity contribution in [2.45, 2.75) is 95.7 Å². The minimum atomic E-state index is -4.59. The zero-order valence-corrected chi connectivity index (χ0v) is 29.6. The van der Waals surface area contributed by atoms with Crippen molar-refractivity contribution < 1.29 is 32.3 Å². The number of benzene rings is 2. The SMILES string of the molecule is CC(C)C[C@@H](NC(=O)[C@@H](CCc1ccccc1)NC(=O)[C@H](N)Cc1ccccc1)C(=O)N[C@H](CCCCN)C(=O)NCc1ccc(C(F)(F)F)nc1. The number of carbonyl (C=O) groups excluding carboxylic acids is 4. The van der Waals surface area contributed by atoms with Gasteiger partial charge in [-0.3, -0.25) is 24.2 Å². The lowest BCUT2D eigenvalue weighted by Gasteiger charge is -2.27. The van der Waals surface area contributed by atoms with Crippen LogP contribution in [0.3, 0.4) is 0 Å². The number of carbonyl (C=O) groups is 4. The molecule has 1 heterocycles. The van der Waals surface area contributed by atoms with Crippen molar-refractivity contribution in [3.05, 3.63) is 101 Å². The molecule has 0 unspecified atom stereocenters. The molecule has 11 nitrogen and oxygen atoms in total. The van der Waals surface area contributed by atoms with E-state index < -0.39 is 59.7 Å². The minimum Gasteiger partial charge on any atom is -0.350 e. The van der Waals surface area contributed by atoms with Gasteiger partial charge in [0.1, 0.15) is 23.8 Å². The number of aryl methyl sites for hydroxylation is 1. The Labute approximate surface area is 302 Å². The maximum absolute atomic E-state index is 13.8. The molecule has 52 heavy (non-hydrogen) atoms. The van der Waals surface area contributed by atoms with Crippen LogP contribution >= 0.6 is 0 Å². The first kappa shape index (κ1) is 41.6. The second-order valence-electron chi connectivity index (χ2n) is 13.2. The molecule has 4 amide bonds. The van der Waals surface area contributed by atoms with Crippen LogP contribution in [0.5, 0.6) is 0 Å². The van der Waals surface area contributed by atoms with Gasteiger partial charge in [-0.25, -0.2) is 0 Å². The number of hydrogen-bond donors (Lipinski definition) is 6. The van der Waals surface area contributed by atoms with E-state index in [1.807, 2.05) is 74.5 Å². The van der Waals surface area contributed by atoms with Crippen LogP contribution in [0.15, 0.2) is 79.0 Å². The van der Waals surface area contributed by atoms with Crippen LogP contribution in [0.25, 0.3) is 0 Å². The Morgan fingerprint density at radius 1 is 0.712 bits per heavy atom. The van der Waals surface area contributed by atoms with Crippen LogP contribution in [0, 0.1) is 5.92 Å². The van der Waals surface area contributed by atoms with Gasteiger partial charge < -0.3 is 32.7 Å². The third-order valence-corrected chi connectivity index (χ3v) is 8.33. The monoisotopic (exact) mass is 725 g/mol. The van der Waals surface area contributed by atoms with Gasteiger partial charge in [0.15, 0.2) is 0 Å². The predicted molar refractivity (Wildman–Crippen MR) is 192 cm³/mol. The molecule has 1 aromatic heterocycles. The number of nitrogens with two attached hydrogens (primary N) is 2. The van der Waals surface area contributed by atoms with E-state index in [2.05, 4.69) is 26.3 Å². The lowest BCUT2D eigenvalue weighted by Crippen LogP contribution is -2.58. The van der Waals surface area contributed by atoms with Gasteiger partial charge in [-0.2, -0.15) is 13.2 Å². The van der Waals surface area contributed by atoms with Gasteiger partial charge in [0.2, 0.25) is 23.6 Å². The molecule has 14 heteroatoms. The fourth-order valence-corrected chi connectivity index (χ4v) is 5.48. The molecule has 0 radical (unpaired) electrons. The topological polar surface area (TPSA) is 181 Å². The number of amides is 4. The standard InChI is InChI=1S/C38H50F3N7O4/c1-25(2)21-32(37(52)47-30(15-9-10-20-42)35(50)45-24-28-17-19-33(44-23-28)38(39,40)41)48-36(51)31(18-16-26-11-5-3-6-12-26)46-34(49)29(43)22-27-13-7-4-8-14-27/h3-8,11-14,17,19,23,25,29-32H,9-10,15-16,18,20-22,24,42-43H2,1-2H3,(H,45,50)(H,46,49)(H,47,52)(H,48,51)/t29-,30-,31-,32-/m1/s1. The highest BCUT2D eigenvalue weighted by Gasteiger charge is 2.33. The molecule has 4 atom stereocenters. The molecule has 0 fully saturated rings. The predicted octanol–water partition coefficient (Wildman–Crippen LogP) is 3.55. The second kappa shape index (κ2) is 20.9. The fourth-order valence-electron chi connectivity index (χ4n) is 5.48. The number of nitrogens with one attached hydrogen (secondary N) is 4. The summed E-state index contributed by atoms with van der Waals surface area (Å²) in [6, 6.07) is 16.8. The second-order valence-corrected chi connectivity index (χ2v) is 13.2. The number of pyridine rings is 1. The molecule has 0 spiro atoms. The molecule has 8 N–H and O–H groups in total. The molecule has 2 aromatic carbocycles. The van der Waals surface area contributed by atoms with Crippen LogP contribution in [0.4, 0.5) is 13.2 Å². The Morgan fingerprint density at radius 2 is 1.29 bits per heavy atom. The molecule has 0 saturated heterocycles. The van der Waals surface area contributed by atoms with Gasteiger partial charge in [-0.05, 0) is 80.2 Å². The zero-order chi connectivity index (χ0) is 38.1. The van der Waals surface area contributed by atoms with Gasteiger partial charge in [-0.1, -0.05) is 80.6 Å². The Morgan fingerprint density at radius 3 is 1.87 bits per heavy atom. The van der Waals surface area contributed by atoms with Gasteiger partial charge >= 0.3 is 6.18 Å². The van der Waals surface area contributed by atoms with Crippen molar-refractivity contribution in [2.75, 3.05) is 6.54 Å². The summed E-state index contributed by atoms with van der Waals surface area (Å²) in [4.78, 5) is 57.5. The van der Waals surface area contributed by atoms with Gasteiger partial charge in [0, 0.05) is 12.7 Å². The van der Waals surface area contributed by atoms with Crippen LogP contribution in [0.1, 0.15) is 68.3 Å². The average Bonchev–Trinajstić information content (AvgIpc) is 3.11. The minimum absolute atomic E-state index is 0.0376. The van der Waals surface area contributed by atoms with Crippen LogP contribution < -0.4 is 32.7 Å². The third-order valence-electron chi connectivity index (χ3n) is 8.33. The van der Waals surface area contributed by atoms with E-state index in [1.54, 1.807) is 0 Å². The summed E-state index contributed by atoms with van der Waals surface area (Å²) in [7, 11) is 0. The molecule has 3 aromatic rings. The van der Waals surface area contributed by atoms with Crippen LogP contribution in [-0.4, -0.2) is 59.3 Å². The van der Waals surface area contributed by atoms with Crippen molar-refractivity contribution in [3.63, 3.8) is 0 Å². The quantitative estimate of drug-likeness (QED) is 0.0964. The van der Waals surface area contributed by atoms with E-state index in [4.69, 9.17) is 11.5 Å². The number of unbranched alkanes of at least 4 members (excludes halogenated alkanes) is 1. The van der Waals surface area contributed by atoms with Gasteiger partial charge in [0.05, 0.1) is 6.04 Å². The highest BCUT2D eigenvalue weighted by molar-refractivity contribution is 5.94. The first-order valence-corrected chi connectivity index (χ1v) is 17.5.